The molecule has 0 spiro atoms. The molecule has 21 heavy (non-hydrogen) atoms. The predicted molar refractivity (Wildman–Crippen MR) is 81.5 cm³/mol. The van der Waals surface area contributed by atoms with E-state index in [0.29, 0.717) is 5.88 Å². The van der Waals surface area contributed by atoms with Gasteiger partial charge in [0.1, 0.15) is 11.6 Å². The number of ether oxygens (including phenoxy) is 1. The summed E-state index contributed by atoms with van der Waals surface area (Å²) in [7, 11) is 1.60. The molecule has 0 radical (unpaired) electrons. The van der Waals surface area contributed by atoms with Crippen LogP contribution >= 0.6 is 0 Å². The van der Waals surface area contributed by atoms with Crippen LogP contribution in [-0.2, 0) is 0 Å². The van der Waals surface area contributed by atoms with E-state index in [9.17, 15) is 0 Å². The van der Waals surface area contributed by atoms with E-state index in [1.807, 2.05) is 42.5 Å². The van der Waals surface area contributed by atoms with Gasteiger partial charge in [0.2, 0.25) is 5.88 Å². The topological polar surface area (TPSA) is 59.9 Å². The second-order valence-electron chi connectivity index (χ2n) is 4.36. The molecule has 0 aliphatic rings. The Kier molecular flexibility index (Phi) is 3.73. The molecule has 0 aliphatic carbocycles. The van der Waals surface area contributed by atoms with Gasteiger partial charge in [0, 0.05) is 30.2 Å². The first kappa shape index (κ1) is 13.1. The van der Waals surface area contributed by atoms with Gasteiger partial charge in [0.25, 0.3) is 0 Å². The van der Waals surface area contributed by atoms with E-state index in [1.165, 1.54) is 0 Å². The highest BCUT2D eigenvalue weighted by Crippen LogP contribution is 2.23. The Morgan fingerprint density at radius 2 is 1.76 bits per heavy atom. The van der Waals surface area contributed by atoms with E-state index in [-0.39, 0.29) is 0 Å². The van der Waals surface area contributed by atoms with Crippen LogP contribution in [0.1, 0.15) is 0 Å². The highest BCUT2D eigenvalue weighted by molar-refractivity contribution is 5.67. The third-order valence-corrected chi connectivity index (χ3v) is 2.96. The van der Waals surface area contributed by atoms with Crippen LogP contribution in [0.25, 0.3) is 11.1 Å². The minimum Gasteiger partial charge on any atom is -0.481 e. The predicted octanol–water partition coefficient (Wildman–Crippen LogP) is 3.29. The lowest BCUT2D eigenvalue weighted by atomic mass is 10.1. The number of pyridine rings is 3. The van der Waals surface area contributed by atoms with Crippen molar-refractivity contribution < 1.29 is 4.74 Å². The molecule has 0 aromatic carbocycles. The minimum absolute atomic E-state index is 0.597. The highest BCUT2D eigenvalue weighted by Gasteiger charge is 2.02. The Morgan fingerprint density at radius 3 is 2.48 bits per heavy atom. The summed E-state index contributed by atoms with van der Waals surface area (Å²) < 4.78 is 5.06. The molecule has 0 unspecified atom stereocenters. The molecular formula is C16H14N4O. The summed E-state index contributed by atoms with van der Waals surface area (Å²) in [6.45, 7) is 0. The molecule has 3 aromatic heterocycles. The highest BCUT2D eigenvalue weighted by atomic mass is 16.5. The Bertz CT molecular complexity index is 714. The fourth-order valence-corrected chi connectivity index (χ4v) is 1.92. The molecule has 0 atom stereocenters. The zero-order chi connectivity index (χ0) is 14.5. The first-order valence-electron chi connectivity index (χ1n) is 6.50. The van der Waals surface area contributed by atoms with E-state index in [0.717, 1.165) is 22.8 Å². The number of hydrogen-bond acceptors (Lipinski definition) is 5. The van der Waals surface area contributed by atoms with Crippen molar-refractivity contribution in [2.24, 2.45) is 0 Å². The molecule has 1 N–H and O–H groups in total. The van der Waals surface area contributed by atoms with Crippen LogP contribution in [0, 0.1) is 0 Å². The third kappa shape index (κ3) is 3.14. The van der Waals surface area contributed by atoms with E-state index >= 15 is 0 Å². The van der Waals surface area contributed by atoms with Crippen LogP contribution in [-0.4, -0.2) is 22.1 Å². The summed E-state index contributed by atoms with van der Waals surface area (Å²) in [5.41, 5.74) is 2.03. The van der Waals surface area contributed by atoms with Gasteiger partial charge in [-0.25, -0.2) is 15.0 Å². The zero-order valence-corrected chi connectivity index (χ0v) is 11.5. The van der Waals surface area contributed by atoms with E-state index in [1.54, 1.807) is 25.7 Å². The molecule has 3 aromatic rings. The first-order valence-corrected chi connectivity index (χ1v) is 6.50. The maximum absolute atomic E-state index is 5.06. The van der Waals surface area contributed by atoms with E-state index in [2.05, 4.69) is 20.3 Å². The lowest BCUT2D eigenvalue weighted by Crippen LogP contribution is -1.95. The number of rotatable bonds is 4. The number of methoxy groups -OCH3 is 1. The van der Waals surface area contributed by atoms with Gasteiger partial charge in [0.05, 0.1) is 7.11 Å². The number of anilines is 2. The first-order chi connectivity index (χ1) is 10.3. The van der Waals surface area contributed by atoms with Gasteiger partial charge in [-0.15, -0.1) is 0 Å². The lowest BCUT2D eigenvalue weighted by Gasteiger charge is -2.07. The molecule has 0 fully saturated rings. The maximum atomic E-state index is 5.06. The van der Waals surface area contributed by atoms with Crippen LogP contribution in [0.5, 0.6) is 5.88 Å². The van der Waals surface area contributed by atoms with Crippen molar-refractivity contribution in [1.29, 1.82) is 0 Å². The van der Waals surface area contributed by atoms with Gasteiger partial charge < -0.3 is 10.1 Å². The average molecular weight is 278 g/mol. The normalized spacial score (nSPS) is 10.1. The van der Waals surface area contributed by atoms with Crippen LogP contribution in [0.15, 0.2) is 61.1 Å². The summed E-state index contributed by atoms with van der Waals surface area (Å²) >= 11 is 0. The number of nitrogens with zero attached hydrogens (tertiary/aromatic N) is 3. The fraction of sp³-hybridized carbons (Fsp3) is 0.0625. The van der Waals surface area contributed by atoms with E-state index in [4.69, 9.17) is 4.74 Å². The molecule has 0 aliphatic heterocycles. The maximum Gasteiger partial charge on any atom is 0.212 e. The van der Waals surface area contributed by atoms with Crippen molar-refractivity contribution in [3.63, 3.8) is 0 Å². The van der Waals surface area contributed by atoms with E-state index < -0.39 is 0 Å². The summed E-state index contributed by atoms with van der Waals surface area (Å²) in [6.07, 6.45) is 5.27. The second kappa shape index (κ2) is 6.00. The summed E-state index contributed by atoms with van der Waals surface area (Å²) in [5, 5.41) is 3.17. The third-order valence-electron chi connectivity index (χ3n) is 2.96. The quantitative estimate of drug-likeness (QED) is 0.793. The Morgan fingerprint density at radius 1 is 0.857 bits per heavy atom. The van der Waals surface area contributed by atoms with Gasteiger partial charge in [0.15, 0.2) is 0 Å². The summed E-state index contributed by atoms with van der Waals surface area (Å²) in [4.78, 5) is 12.7. The van der Waals surface area contributed by atoms with Gasteiger partial charge >= 0.3 is 0 Å². The average Bonchev–Trinajstić information content (AvgIpc) is 2.56. The molecule has 0 saturated carbocycles. The molecule has 0 saturated heterocycles. The molecular weight excluding hydrogens is 264 g/mol. The van der Waals surface area contributed by atoms with Crippen LogP contribution in [0.4, 0.5) is 11.6 Å². The minimum atomic E-state index is 0.597. The van der Waals surface area contributed by atoms with Gasteiger partial charge in [-0.2, -0.15) is 0 Å². The van der Waals surface area contributed by atoms with Gasteiger partial charge in [-0.1, -0.05) is 6.07 Å². The molecule has 3 heterocycles. The second-order valence-corrected chi connectivity index (χ2v) is 4.36. The number of nitrogens with one attached hydrogen (secondary N) is 1. The van der Waals surface area contributed by atoms with Crippen LogP contribution in [0.3, 0.4) is 0 Å². The number of aromatic nitrogens is 3. The van der Waals surface area contributed by atoms with Crippen molar-refractivity contribution in [1.82, 2.24) is 15.0 Å². The van der Waals surface area contributed by atoms with Crippen LogP contribution < -0.4 is 10.1 Å². The van der Waals surface area contributed by atoms with Crippen molar-refractivity contribution >= 4 is 11.6 Å². The fourth-order valence-electron chi connectivity index (χ4n) is 1.92. The number of hydrogen-bond donors (Lipinski definition) is 1. The Labute approximate surface area is 122 Å². The smallest absolute Gasteiger partial charge is 0.212 e. The Balaban J connectivity index is 1.85. The SMILES string of the molecule is COc1ccc(-c2ccnc(Nc3ccccn3)c2)cn1. The standard InChI is InChI=1S/C16H14N4O/c1-21-16-6-5-13(11-19-16)12-7-9-18-15(10-12)20-14-4-2-3-8-17-14/h2-11H,1H3,(H,17,18,20). The van der Waals surface area contributed by atoms with Crippen LogP contribution in [0.2, 0.25) is 0 Å². The largest absolute Gasteiger partial charge is 0.481 e. The molecule has 104 valence electrons. The van der Waals surface area contributed by atoms with Gasteiger partial charge in [-0.3, -0.25) is 0 Å². The zero-order valence-electron chi connectivity index (χ0n) is 11.5. The molecule has 3 rings (SSSR count). The molecule has 0 bridgehead atoms. The van der Waals surface area contributed by atoms with Crippen molar-refractivity contribution in [3.05, 3.63) is 61.1 Å². The molecule has 5 nitrogen and oxygen atoms in total. The Hall–Kier alpha value is -2.95. The monoisotopic (exact) mass is 278 g/mol. The van der Waals surface area contributed by atoms with Crippen molar-refractivity contribution in [2.75, 3.05) is 12.4 Å². The summed E-state index contributed by atoms with van der Waals surface area (Å²) in [6, 6.07) is 13.4. The lowest BCUT2D eigenvalue weighted by molar-refractivity contribution is 0.398. The molecule has 5 heteroatoms. The van der Waals surface area contributed by atoms with Crippen molar-refractivity contribution in [2.45, 2.75) is 0 Å². The van der Waals surface area contributed by atoms with Gasteiger partial charge in [-0.05, 0) is 35.9 Å². The van der Waals surface area contributed by atoms with Crippen molar-refractivity contribution in [3.8, 4) is 17.0 Å². The summed E-state index contributed by atoms with van der Waals surface area (Å²) in [5.74, 6) is 2.09. The molecule has 0 amide bonds.